The summed E-state index contributed by atoms with van der Waals surface area (Å²) in [5.41, 5.74) is 1.15. The van der Waals surface area contributed by atoms with Crippen LogP contribution in [-0.4, -0.2) is 27.1 Å². The maximum Gasteiger partial charge on any atom is 0.262 e. The van der Waals surface area contributed by atoms with E-state index < -0.39 is 0 Å². The van der Waals surface area contributed by atoms with Gasteiger partial charge in [-0.25, -0.2) is 4.98 Å². The Morgan fingerprint density at radius 2 is 1.84 bits per heavy atom. The lowest BCUT2D eigenvalue weighted by Gasteiger charge is -2.12. The highest BCUT2D eigenvalue weighted by molar-refractivity contribution is 7.99. The first-order chi connectivity index (χ1) is 15.4. The van der Waals surface area contributed by atoms with Crippen molar-refractivity contribution in [2.45, 2.75) is 5.16 Å². The molecule has 162 valence electrons. The fourth-order valence-electron chi connectivity index (χ4n) is 2.95. The maximum atomic E-state index is 12.7. The van der Waals surface area contributed by atoms with Gasteiger partial charge >= 0.3 is 0 Å². The molecule has 0 bridgehead atoms. The number of nitrogens with zero attached hydrogens (tertiary/aromatic N) is 2. The number of thiophene rings is 1. The maximum absolute atomic E-state index is 12.7. The number of carbonyl (C=O) groups is 2. The lowest BCUT2D eigenvalue weighted by molar-refractivity contribution is -0.113. The Morgan fingerprint density at radius 1 is 1.09 bits per heavy atom. The molecule has 2 amide bonds. The summed E-state index contributed by atoms with van der Waals surface area (Å²) < 4.78 is 1.43. The second-order valence-corrected chi connectivity index (χ2v) is 9.01. The Bertz CT molecular complexity index is 1370. The van der Waals surface area contributed by atoms with Crippen molar-refractivity contribution in [2.75, 3.05) is 16.4 Å². The molecule has 0 saturated heterocycles. The van der Waals surface area contributed by atoms with Gasteiger partial charge in [-0.1, -0.05) is 35.5 Å². The Labute approximate surface area is 196 Å². The van der Waals surface area contributed by atoms with Crippen molar-refractivity contribution in [3.63, 3.8) is 0 Å². The van der Waals surface area contributed by atoms with Crippen molar-refractivity contribution < 1.29 is 9.59 Å². The van der Waals surface area contributed by atoms with E-state index in [1.165, 1.54) is 15.9 Å². The van der Waals surface area contributed by atoms with Gasteiger partial charge in [-0.3, -0.25) is 19.0 Å². The highest BCUT2D eigenvalue weighted by Gasteiger charge is 2.15. The van der Waals surface area contributed by atoms with Gasteiger partial charge in [0.2, 0.25) is 5.91 Å². The van der Waals surface area contributed by atoms with Gasteiger partial charge in [-0.15, -0.1) is 11.3 Å². The molecule has 0 spiro atoms. The summed E-state index contributed by atoms with van der Waals surface area (Å²) in [6.07, 6.45) is 0. The molecule has 2 heterocycles. The van der Waals surface area contributed by atoms with Crippen molar-refractivity contribution >= 4 is 68.1 Å². The minimum Gasteiger partial charge on any atom is -0.325 e. The van der Waals surface area contributed by atoms with E-state index in [2.05, 4.69) is 15.6 Å². The van der Waals surface area contributed by atoms with E-state index in [0.29, 0.717) is 37.3 Å². The van der Waals surface area contributed by atoms with Crippen LogP contribution in [0.5, 0.6) is 0 Å². The zero-order chi connectivity index (χ0) is 22.7. The van der Waals surface area contributed by atoms with E-state index in [9.17, 15) is 14.4 Å². The summed E-state index contributed by atoms with van der Waals surface area (Å²) in [5, 5.41) is 8.95. The summed E-state index contributed by atoms with van der Waals surface area (Å²) in [5.74, 6) is -0.644. The molecule has 2 N–H and O–H groups in total. The van der Waals surface area contributed by atoms with Crippen LogP contribution in [0.4, 0.5) is 11.4 Å². The van der Waals surface area contributed by atoms with Crippen molar-refractivity contribution in [2.24, 2.45) is 7.05 Å². The minimum atomic E-state index is -0.358. The molecule has 0 aliphatic heterocycles. The van der Waals surface area contributed by atoms with Crippen LogP contribution in [0.3, 0.4) is 0 Å². The average Bonchev–Trinajstić information content (AvgIpc) is 3.26. The number of rotatable bonds is 6. The molecule has 0 saturated carbocycles. The second kappa shape index (κ2) is 9.56. The SMILES string of the molecule is Cn1c(SCC(=O)Nc2ccccc2C(=O)Nc2ccc(Cl)cc2)nc2sccc2c1=O. The Kier molecular flexibility index (Phi) is 6.59. The van der Waals surface area contributed by atoms with Gasteiger partial charge in [-0.05, 0) is 47.8 Å². The van der Waals surface area contributed by atoms with E-state index in [1.54, 1.807) is 61.6 Å². The molecule has 0 aliphatic carbocycles. The number of hydrogen-bond donors (Lipinski definition) is 2. The van der Waals surface area contributed by atoms with Crippen LogP contribution < -0.4 is 16.2 Å². The molecular formula is C22H17ClN4O3S2. The summed E-state index contributed by atoms with van der Waals surface area (Å²) in [6, 6.07) is 15.2. The van der Waals surface area contributed by atoms with E-state index >= 15 is 0 Å². The fourth-order valence-corrected chi connectivity index (χ4v) is 4.65. The number of halogens is 1. The Balaban J connectivity index is 1.45. The van der Waals surface area contributed by atoms with Crippen molar-refractivity contribution in [1.82, 2.24) is 9.55 Å². The molecular weight excluding hydrogens is 468 g/mol. The summed E-state index contributed by atoms with van der Waals surface area (Å²) in [6.45, 7) is 0. The Morgan fingerprint density at radius 3 is 2.62 bits per heavy atom. The number of nitrogens with one attached hydrogen (secondary N) is 2. The molecule has 0 atom stereocenters. The summed E-state index contributed by atoms with van der Waals surface area (Å²) >= 11 is 8.41. The van der Waals surface area contributed by atoms with Crippen molar-refractivity contribution in [3.8, 4) is 0 Å². The molecule has 0 aliphatic rings. The fraction of sp³-hybridized carbons (Fsp3) is 0.0909. The lowest BCUT2D eigenvalue weighted by Crippen LogP contribution is -2.22. The third kappa shape index (κ3) is 4.85. The highest BCUT2D eigenvalue weighted by Crippen LogP contribution is 2.22. The number of thioether (sulfide) groups is 1. The molecule has 4 aromatic rings. The number of amides is 2. The molecule has 7 nitrogen and oxygen atoms in total. The first-order valence-corrected chi connectivity index (χ1v) is 11.7. The van der Waals surface area contributed by atoms with Crippen molar-refractivity contribution in [3.05, 3.63) is 80.9 Å². The zero-order valence-electron chi connectivity index (χ0n) is 16.8. The first-order valence-electron chi connectivity index (χ1n) is 9.45. The minimum absolute atomic E-state index is 0.0320. The van der Waals surface area contributed by atoms with Gasteiger partial charge in [-0.2, -0.15) is 0 Å². The third-order valence-electron chi connectivity index (χ3n) is 4.54. The van der Waals surface area contributed by atoms with E-state index in [0.717, 1.165) is 11.8 Å². The van der Waals surface area contributed by atoms with Crippen LogP contribution in [0.15, 0.2) is 69.9 Å². The topological polar surface area (TPSA) is 93.1 Å². The molecule has 2 aromatic heterocycles. The van der Waals surface area contributed by atoms with Crippen LogP contribution >= 0.6 is 34.7 Å². The number of aromatic nitrogens is 2. The molecule has 10 heteroatoms. The van der Waals surface area contributed by atoms with Gasteiger partial charge in [0.15, 0.2) is 5.16 Å². The molecule has 4 rings (SSSR count). The first kappa shape index (κ1) is 22.1. The van der Waals surface area contributed by atoms with Crippen LogP contribution in [-0.2, 0) is 11.8 Å². The largest absolute Gasteiger partial charge is 0.325 e. The number of benzene rings is 2. The zero-order valence-corrected chi connectivity index (χ0v) is 19.2. The van der Waals surface area contributed by atoms with Crippen LogP contribution in [0.25, 0.3) is 10.2 Å². The van der Waals surface area contributed by atoms with Crippen LogP contribution in [0.2, 0.25) is 5.02 Å². The standard InChI is InChI=1S/C22H17ClN4O3S2/c1-27-21(30)16-10-11-31-20(16)26-22(27)32-12-18(28)25-17-5-3-2-4-15(17)19(29)24-14-8-6-13(23)7-9-14/h2-11H,12H2,1H3,(H,24,29)(H,25,28). The van der Waals surface area contributed by atoms with Gasteiger partial charge < -0.3 is 10.6 Å². The predicted octanol–water partition coefficient (Wildman–Crippen LogP) is 4.63. The van der Waals surface area contributed by atoms with Crippen LogP contribution in [0, 0.1) is 0 Å². The molecule has 32 heavy (non-hydrogen) atoms. The monoisotopic (exact) mass is 484 g/mol. The van der Waals surface area contributed by atoms with Crippen LogP contribution in [0.1, 0.15) is 10.4 Å². The van der Waals surface area contributed by atoms with Gasteiger partial charge in [0, 0.05) is 17.8 Å². The average molecular weight is 485 g/mol. The van der Waals surface area contributed by atoms with E-state index in [1.807, 2.05) is 5.38 Å². The van der Waals surface area contributed by atoms with Gasteiger partial charge in [0.1, 0.15) is 4.83 Å². The second-order valence-electron chi connectivity index (χ2n) is 6.74. The van der Waals surface area contributed by atoms with Crippen molar-refractivity contribution in [1.29, 1.82) is 0 Å². The van der Waals surface area contributed by atoms with E-state index in [-0.39, 0.29) is 23.1 Å². The Hall–Kier alpha value is -3.14. The molecule has 0 radical (unpaired) electrons. The lowest BCUT2D eigenvalue weighted by atomic mass is 10.1. The molecule has 0 fully saturated rings. The summed E-state index contributed by atoms with van der Waals surface area (Å²) in [7, 11) is 1.63. The number of hydrogen-bond acceptors (Lipinski definition) is 6. The normalized spacial score (nSPS) is 10.8. The quantitative estimate of drug-likeness (QED) is 0.307. The third-order valence-corrected chi connectivity index (χ3v) is 6.63. The van der Waals surface area contributed by atoms with E-state index in [4.69, 9.17) is 11.6 Å². The van der Waals surface area contributed by atoms with Gasteiger partial charge in [0.05, 0.1) is 22.4 Å². The molecule has 2 aromatic carbocycles. The van der Waals surface area contributed by atoms with Gasteiger partial charge in [0.25, 0.3) is 11.5 Å². The number of fused-ring (bicyclic) bond motifs is 1. The number of anilines is 2. The number of carbonyl (C=O) groups excluding carboxylic acids is 2. The highest BCUT2D eigenvalue weighted by atomic mass is 35.5. The molecule has 0 unspecified atom stereocenters. The smallest absolute Gasteiger partial charge is 0.262 e. The number of para-hydroxylation sites is 1. The summed E-state index contributed by atoms with van der Waals surface area (Å²) in [4.78, 5) is 42.8. The predicted molar refractivity (Wildman–Crippen MR) is 130 cm³/mol.